The van der Waals surface area contributed by atoms with E-state index in [0.717, 1.165) is 12.8 Å². The Kier molecular flexibility index (Phi) is 2.36. The van der Waals surface area contributed by atoms with Gasteiger partial charge < -0.3 is 5.73 Å². The molecule has 2 rings (SSSR count). The van der Waals surface area contributed by atoms with Crippen molar-refractivity contribution in [2.24, 2.45) is 11.7 Å². The first kappa shape index (κ1) is 9.72. The maximum atomic E-state index is 6.32. The monoisotopic (exact) mass is 189 g/mol. The van der Waals surface area contributed by atoms with E-state index in [4.69, 9.17) is 5.73 Å². The van der Waals surface area contributed by atoms with Crippen molar-refractivity contribution in [3.05, 3.63) is 35.9 Å². The molecule has 14 heavy (non-hydrogen) atoms. The van der Waals surface area contributed by atoms with Crippen molar-refractivity contribution < 1.29 is 0 Å². The van der Waals surface area contributed by atoms with Gasteiger partial charge in [-0.3, -0.25) is 0 Å². The molecule has 0 bridgehead atoms. The van der Waals surface area contributed by atoms with Crippen LogP contribution in [0.2, 0.25) is 0 Å². The third-order valence-electron chi connectivity index (χ3n) is 3.11. The number of rotatable bonds is 3. The smallest absolute Gasteiger partial charge is 0.0233 e. The van der Waals surface area contributed by atoms with Crippen LogP contribution in [0.3, 0.4) is 0 Å². The summed E-state index contributed by atoms with van der Waals surface area (Å²) in [4.78, 5) is 0. The molecule has 1 nitrogen and oxygen atoms in total. The fraction of sp³-hybridized carbons (Fsp3) is 0.538. The van der Waals surface area contributed by atoms with Crippen molar-refractivity contribution in [3.63, 3.8) is 0 Å². The molecule has 0 amide bonds. The van der Waals surface area contributed by atoms with Crippen LogP contribution in [-0.2, 0) is 0 Å². The van der Waals surface area contributed by atoms with E-state index < -0.39 is 0 Å². The predicted octanol–water partition coefficient (Wildman–Crippen LogP) is 2.92. The standard InChI is InChI=1S/C13H19N/c1-10(2)8-13(14)9-12(13)11-6-4-3-5-7-11/h3-7,10,12H,8-9,14H2,1-2H3/t12-,13-/m0/s1. The van der Waals surface area contributed by atoms with Crippen molar-refractivity contribution >= 4 is 0 Å². The van der Waals surface area contributed by atoms with Gasteiger partial charge in [-0.05, 0) is 24.3 Å². The molecule has 1 aliphatic rings. The van der Waals surface area contributed by atoms with Gasteiger partial charge in [0.25, 0.3) is 0 Å². The zero-order valence-electron chi connectivity index (χ0n) is 9.03. The Morgan fingerprint density at radius 3 is 2.57 bits per heavy atom. The Bertz CT molecular complexity index is 304. The van der Waals surface area contributed by atoms with Crippen LogP contribution in [0.1, 0.15) is 38.2 Å². The maximum absolute atomic E-state index is 6.32. The molecular formula is C13H19N. The van der Waals surface area contributed by atoms with Gasteiger partial charge in [0, 0.05) is 11.5 Å². The lowest BCUT2D eigenvalue weighted by molar-refractivity contribution is 0.474. The van der Waals surface area contributed by atoms with Crippen LogP contribution >= 0.6 is 0 Å². The van der Waals surface area contributed by atoms with Crippen molar-refractivity contribution in [2.45, 2.75) is 38.1 Å². The molecule has 1 heteroatoms. The van der Waals surface area contributed by atoms with E-state index in [1.807, 2.05) is 0 Å². The molecule has 0 spiro atoms. The van der Waals surface area contributed by atoms with E-state index in [9.17, 15) is 0 Å². The first-order valence-corrected chi connectivity index (χ1v) is 5.46. The summed E-state index contributed by atoms with van der Waals surface area (Å²) in [6.45, 7) is 4.49. The molecule has 1 aliphatic carbocycles. The van der Waals surface area contributed by atoms with Crippen molar-refractivity contribution in [1.29, 1.82) is 0 Å². The lowest BCUT2D eigenvalue weighted by atomic mass is 9.98. The quantitative estimate of drug-likeness (QED) is 0.777. The number of benzene rings is 1. The molecule has 0 radical (unpaired) electrons. The summed E-state index contributed by atoms with van der Waals surface area (Å²) >= 11 is 0. The van der Waals surface area contributed by atoms with E-state index in [0.29, 0.717) is 11.8 Å². The molecule has 0 saturated heterocycles. The largest absolute Gasteiger partial charge is 0.325 e. The molecule has 1 aromatic carbocycles. The first-order chi connectivity index (χ1) is 6.62. The average molecular weight is 189 g/mol. The van der Waals surface area contributed by atoms with E-state index in [1.54, 1.807) is 0 Å². The van der Waals surface area contributed by atoms with Gasteiger partial charge in [-0.2, -0.15) is 0 Å². The number of hydrogen-bond donors (Lipinski definition) is 1. The Labute approximate surface area is 86.3 Å². The van der Waals surface area contributed by atoms with E-state index >= 15 is 0 Å². The highest BCUT2D eigenvalue weighted by Gasteiger charge is 2.51. The van der Waals surface area contributed by atoms with E-state index in [-0.39, 0.29) is 5.54 Å². The molecule has 1 fully saturated rings. The zero-order chi connectivity index (χ0) is 10.2. The topological polar surface area (TPSA) is 26.0 Å². The van der Waals surface area contributed by atoms with Gasteiger partial charge in [-0.1, -0.05) is 44.2 Å². The van der Waals surface area contributed by atoms with Gasteiger partial charge in [0.05, 0.1) is 0 Å². The Balaban J connectivity index is 2.05. The molecule has 76 valence electrons. The fourth-order valence-corrected chi connectivity index (χ4v) is 2.44. The van der Waals surface area contributed by atoms with Gasteiger partial charge in [0.2, 0.25) is 0 Å². The molecule has 0 unspecified atom stereocenters. The van der Waals surface area contributed by atoms with E-state index in [2.05, 4.69) is 44.2 Å². The highest BCUT2D eigenvalue weighted by molar-refractivity contribution is 5.32. The maximum Gasteiger partial charge on any atom is 0.0233 e. The molecule has 1 aromatic rings. The van der Waals surface area contributed by atoms with Crippen LogP contribution in [0.15, 0.2) is 30.3 Å². The second-order valence-corrected chi connectivity index (χ2v) is 5.00. The van der Waals surface area contributed by atoms with Gasteiger partial charge in [0.15, 0.2) is 0 Å². The van der Waals surface area contributed by atoms with Gasteiger partial charge >= 0.3 is 0 Å². The minimum Gasteiger partial charge on any atom is -0.325 e. The SMILES string of the molecule is CC(C)C[C@]1(N)C[C@H]1c1ccccc1. The van der Waals surface area contributed by atoms with Crippen LogP contribution < -0.4 is 5.73 Å². The normalized spacial score (nSPS) is 30.7. The fourth-order valence-electron chi connectivity index (χ4n) is 2.44. The summed E-state index contributed by atoms with van der Waals surface area (Å²) in [6.07, 6.45) is 2.31. The van der Waals surface area contributed by atoms with Crippen LogP contribution in [0.25, 0.3) is 0 Å². The molecule has 2 atom stereocenters. The van der Waals surface area contributed by atoms with Crippen molar-refractivity contribution in [3.8, 4) is 0 Å². The Morgan fingerprint density at radius 2 is 2.00 bits per heavy atom. The molecule has 0 aromatic heterocycles. The predicted molar refractivity (Wildman–Crippen MR) is 60.2 cm³/mol. The van der Waals surface area contributed by atoms with Crippen molar-refractivity contribution in [1.82, 2.24) is 0 Å². The molecular weight excluding hydrogens is 170 g/mol. The average Bonchev–Trinajstić information content (AvgIpc) is 2.77. The van der Waals surface area contributed by atoms with Gasteiger partial charge in [-0.15, -0.1) is 0 Å². The Morgan fingerprint density at radius 1 is 1.36 bits per heavy atom. The number of hydrogen-bond acceptors (Lipinski definition) is 1. The number of nitrogens with two attached hydrogens (primary N) is 1. The lowest BCUT2D eigenvalue weighted by Gasteiger charge is -2.14. The highest BCUT2D eigenvalue weighted by atomic mass is 14.9. The minimum absolute atomic E-state index is 0.0928. The summed E-state index contributed by atoms with van der Waals surface area (Å²) in [6, 6.07) is 10.7. The summed E-state index contributed by atoms with van der Waals surface area (Å²) in [7, 11) is 0. The van der Waals surface area contributed by atoms with Gasteiger partial charge in [0.1, 0.15) is 0 Å². The molecule has 1 saturated carbocycles. The first-order valence-electron chi connectivity index (χ1n) is 5.46. The summed E-state index contributed by atoms with van der Waals surface area (Å²) < 4.78 is 0. The molecule has 0 heterocycles. The minimum atomic E-state index is 0.0928. The second-order valence-electron chi connectivity index (χ2n) is 5.00. The van der Waals surface area contributed by atoms with Crippen LogP contribution in [0.4, 0.5) is 0 Å². The highest BCUT2D eigenvalue weighted by Crippen LogP contribution is 2.52. The van der Waals surface area contributed by atoms with Gasteiger partial charge in [-0.25, -0.2) is 0 Å². The second kappa shape index (κ2) is 3.39. The van der Waals surface area contributed by atoms with E-state index in [1.165, 1.54) is 5.56 Å². The third-order valence-corrected chi connectivity index (χ3v) is 3.11. The van der Waals surface area contributed by atoms with Crippen molar-refractivity contribution in [2.75, 3.05) is 0 Å². The lowest BCUT2D eigenvalue weighted by Crippen LogP contribution is -2.26. The Hall–Kier alpha value is -0.820. The summed E-state index contributed by atoms with van der Waals surface area (Å²) in [5.74, 6) is 1.31. The summed E-state index contributed by atoms with van der Waals surface area (Å²) in [5, 5.41) is 0. The zero-order valence-corrected chi connectivity index (χ0v) is 9.03. The molecule has 0 aliphatic heterocycles. The van der Waals surface area contributed by atoms with Crippen LogP contribution in [-0.4, -0.2) is 5.54 Å². The molecule has 2 N–H and O–H groups in total. The third kappa shape index (κ3) is 1.83. The summed E-state index contributed by atoms with van der Waals surface area (Å²) in [5.41, 5.74) is 7.83. The van der Waals surface area contributed by atoms with Crippen LogP contribution in [0.5, 0.6) is 0 Å². The van der Waals surface area contributed by atoms with Crippen LogP contribution in [0, 0.1) is 5.92 Å².